The van der Waals surface area contributed by atoms with Crippen LogP contribution in [0, 0.1) is 0 Å². The predicted octanol–water partition coefficient (Wildman–Crippen LogP) is 1.09. The van der Waals surface area contributed by atoms with Crippen LogP contribution < -0.4 is 0 Å². The van der Waals surface area contributed by atoms with Gasteiger partial charge in [0.15, 0.2) is 0 Å². The van der Waals surface area contributed by atoms with Gasteiger partial charge in [0.05, 0.1) is 18.3 Å². The van der Waals surface area contributed by atoms with Crippen LogP contribution in [-0.4, -0.2) is 72.5 Å². The fraction of sp³-hybridized carbons (Fsp3) is 1.00. The molecule has 0 aromatic carbocycles. The molecule has 3 aliphatic rings. The summed E-state index contributed by atoms with van der Waals surface area (Å²) < 4.78 is 6.39. The maximum atomic E-state index is 8.96. The van der Waals surface area contributed by atoms with Gasteiger partial charge in [0.25, 0.3) is 0 Å². The van der Waals surface area contributed by atoms with E-state index in [-0.39, 0.29) is 12.2 Å². The van der Waals surface area contributed by atoms with Crippen LogP contribution in [0.2, 0.25) is 0 Å². The summed E-state index contributed by atoms with van der Waals surface area (Å²) in [5, 5.41) is 8.96. The molecule has 2 heterocycles. The van der Waals surface area contributed by atoms with Gasteiger partial charge in [0.2, 0.25) is 0 Å². The second-order valence-electron chi connectivity index (χ2n) is 6.53. The van der Waals surface area contributed by atoms with E-state index in [1.54, 1.807) is 0 Å². The molecule has 1 atom stereocenters. The first kappa shape index (κ1) is 13.8. The highest BCUT2D eigenvalue weighted by atomic mass is 16.5. The van der Waals surface area contributed by atoms with Gasteiger partial charge in [-0.1, -0.05) is 12.8 Å². The van der Waals surface area contributed by atoms with Gasteiger partial charge in [-0.2, -0.15) is 0 Å². The highest BCUT2D eigenvalue weighted by molar-refractivity contribution is 4.93. The molecule has 3 rings (SSSR count). The third kappa shape index (κ3) is 3.30. The van der Waals surface area contributed by atoms with E-state index in [0.29, 0.717) is 6.10 Å². The first-order valence-electron chi connectivity index (χ1n) is 8.03. The fourth-order valence-corrected chi connectivity index (χ4v) is 4.04. The van der Waals surface area contributed by atoms with Crippen LogP contribution in [0.15, 0.2) is 0 Å². The molecule has 1 N–H and O–H groups in total. The number of β-amino-alcohol motifs (C(OH)–C–C–N with tert-alkyl or cyclic N) is 1. The predicted molar refractivity (Wildman–Crippen MR) is 75.3 cm³/mol. The summed E-state index contributed by atoms with van der Waals surface area (Å²) in [7, 11) is 0. The van der Waals surface area contributed by atoms with Crippen molar-refractivity contribution in [2.75, 3.05) is 45.9 Å². The first-order chi connectivity index (χ1) is 9.30. The second-order valence-corrected chi connectivity index (χ2v) is 6.53. The van der Waals surface area contributed by atoms with Crippen molar-refractivity contribution in [3.05, 3.63) is 0 Å². The van der Waals surface area contributed by atoms with Crippen LogP contribution in [0.25, 0.3) is 0 Å². The van der Waals surface area contributed by atoms with Gasteiger partial charge in [-0.3, -0.25) is 9.80 Å². The Kier molecular flexibility index (Phi) is 4.42. The van der Waals surface area contributed by atoms with Gasteiger partial charge in [0.1, 0.15) is 0 Å². The van der Waals surface area contributed by atoms with E-state index < -0.39 is 0 Å². The number of aliphatic hydroxyl groups is 1. The summed E-state index contributed by atoms with van der Waals surface area (Å²) in [5.41, 5.74) is 0.281. The number of nitrogens with zero attached hydrogens (tertiary/aromatic N) is 2. The quantitative estimate of drug-likeness (QED) is 0.828. The Balaban J connectivity index is 1.41. The third-order valence-corrected chi connectivity index (χ3v) is 5.20. The van der Waals surface area contributed by atoms with E-state index in [0.717, 1.165) is 39.3 Å². The van der Waals surface area contributed by atoms with Crippen LogP contribution in [0.4, 0.5) is 0 Å². The normalized spacial score (nSPS) is 32.4. The average Bonchev–Trinajstić information content (AvgIpc) is 3.03. The molecule has 0 aromatic heterocycles. The van der Waals surface area contributed by atoms with Crippen LogP contribution in [0.5, 0.6) is 0 Å². The lowest BCUT2D eigenvalue weighted by atomic mass is 9.98. The molecule has 3 fully saturated rings. The smallest absolute Gasteiger partial charge is 0.0710 e. The molecule has 1 unspecified atom stereocenters. The van der Waals surface area contributed by atoms with E-state index in [9.17, 15) is 0 Å². The minimum atomic E-state index is 0.281. The molecule has 2 saturated heterocycles. The second kappa shape index (κ2) is 6.08. The highest BCUT2D eigenvalue weighted by Gasteiger charge is 2.42. The fourth-order valence-electron chi connectivity index (χ4n) is 4.04. The summed E-state index contributed by atoms with van der Waals surface area (Å²) in [6.07, 6.45) is 8.36. The topological polar surface area (TPSA) is 35.9 Å². The monoisotopic (exact) mass is 268 g/mol. The lowest BCUT2D eigenvalue weighted by Crippen LogP contribution is -2.49. The molecular formula is C15H28N2O2. The van der Waals surface area contributed by atoms with Crippen LogP contribution >= 0.6 is 0 Å². The van der Waals surface area contributed by atoms with Crippen LogP contribution in [0.3, 0.4) is 0 Å². The van der Waals surface area contributed by atoms with Gasteiger partial charge < -0.3 is 9.84 Å². The van der Waals surface area contributed by atoms with E-state index in [4.69, 9.17) is 9.84 Å². The number of piperazine rings is 1. The van der Waals surface area contributed by atoms with Crippen molar-refractivity contribution < 1.29 is 9.84 Å². The van der Waals surface area contributed by atoms with Crippen LogP contribution in [-0.2, 0) is 4.74 Å². The highest BCUT2D eigenvalue weighted by Crippen LogP contribution is 2.43. The number of ether oxygens (including phenoxy) is 1. The Hall–Kier alpha value is -0.160. The van der Waals surface area contributed by atoms with Gasteiger partial charge >= 0.3 is 0 Å². The van der Waals surface area contributed by atoms with Gasteiger partial charge in [-0.15, -0.1) is 0 Å². The molecule has 1 saturated carbocycles. The number of aliphatic hydroxyl groups excluding tert-OH is 1. The summed E-state index contributed by atoms with van der Waals surface area (Å²) >= 11 is 0. The van der Waals surface area contributed by atoms with Crippen molar-refractivity contribution in [3.8, 4) is 0 Å². The third-order valence-electron chi connectivity index (χ3n) is 5.20. The Bertz CT molecular complexity index is 284. The molecule has 4 nitrogen and oxygen atoms in total. The van der Waals surface area contributed by atoms with Crippen molar-refractivity contribution in [3.63, 3.8) is 0 Å². The van der Waals surface area contributed by atoms with E-state index >= 15 is 0 Å². The molecule has 2 aliphatic heterocycles. The summed E-state index contributed by atoms with van der Waals surface area (Å²) in [4.78, 5) is 4.90. The standard InChI is InChI=1S/C15H28N2O2/c18-12-11-16-7-9-17(10-8-16)13-14-3-6-15(19-14)4-1-2-5-15/h14,18H,1-13H2. The molecule has 1 spiro atoms. The molecule has 0 amide bonds. The lowest BCUT2D eigenvalue weighted by Gasteiger charge is -2.35. The van der Waals surface area contributed by atoms with Crippen molar-refractivity contribution in [2.24, 2.45) is 0 Å². The molecule has 0 aromatic rings. The van der Waals surface area contributed by atoms with Crippen molar-refractivity contribution in [2.45, 2.75) is 50.2 Å². The minimum absolute atomic E-state index is 0.281. The van der Waals surface area contributed by atoms with Gasteiger partial charge in [0, 0.05) is 39.3 Å². The zero-order valence-electron chi connectivity index (χ0n) is 12.0. The molecular weight excluding hydrogens is 240 g/mol. The van der Waals surface area contributed by atoms with Gasteiger partial charge in [-0.05, 0) is 25.7 Å². The zero-order chi connectivity index (χ0) is 13.1. The molecule has 0 radical (unpaired) electrons. The van der Waals surface area contributed by atoms with Gasteiger partial charge in [-0.25, -0.2) is 0 Å². The van der Waals surface area contributed by atoms with Crippen LogP contribution in [0.1, 0.15) is 38.5 Å². The van der Waals surface area contributed by atoms with E-state index in [1.165, 1.54) is 38.5 Å². The first-order valence-corrected chi connectivity index (χ1v) is 8.03. The number of hydrogen-bond acceptors (Lipinski definition) is 4. The van der Waals surface area contributed by atoms with E-state index in [2.05, 4.69) is 9.80 Å². The maximum absolute atomic E-state index is 8.96. The Labute approximate surface area is 116 Å². The lowest BCUT2D eigenvalue weighted by molar-refractivity contribution is -0.0512. The molecule has 110 valence electrons. The number of rotatable bonds is 4. The summed E-state index contributed by atoms with van der Waals surface area (Å²) in [6.45, 7) is 6.69. The molecule has 4 heteroatoms. The maximum Gasteiger partial charge on any atom is 0.0710 e. The van der Waals surface area contributed by atoms with Crippen molar-refractivity contribution in [1.82, 2.24) is 9.80 Å². The number of hydrogen-bond donors (Lipinski definition) is 1. The Morgan fingerprint density at radius 1 is 1.00 bits per heavy atom. The van der Waals surface area contributed by atoms with Crippen molar-refractivity contribution >= 4 is 0 Å². The zero-order valence-corrected chi connectivity index (χ0v) is 12.0. The molecule has 0 bridgehead atoms. The van der Waals surface area contributed by atoms with Crippen molar-refractivity contribution in [1.29, 1.82) is 0 Å². The summed E-state index contributed by atoms with van der Waals surface area (Å²) in [5.74, 6) is 0. The SMILES string of the molecule is OCCN1CCN(CC2CCC3(CCCC3)O2)CC1. The minimum Gasteiger partial charge on any atom is -0.395 e. The Morgan fingerprint density at radius 3 is 2.37 bits per heavy atom. The van der Waals surface area contributed by atoms with E-state index in [1.807, 2.05) is 0 Å². The average molecular weight is 268 g/mol. The largest absolute Gasteiger partial charge is 0.395 e. The molecule has 19 heavy (non-hydrogen) atoms. The Morgan fingerprint density at radius 2 is 1.68 bits per heavy atom. The molecule has 1 aliphatic carbocycles. The summed E-state index contributed by atoms with van der Waals surface area (Å²) in [6, 6.07) is 0.